The zero-order valence-corrected chi connectivity index (χ0v) is 13.1. The first-order chi connectivity index (χ1) is 9.39. The number of hydrogen-bond acceptors (Lipinski definition) is 3. The Morgan fingerprint density at radius 1 is 1.10 bits per heavy atom. The van der Waals surface area contributed by atoms with Crippen molar-refractivity contribution >= 4 is 17.1 Å². The highest BCUT2D eigenvalue weighted by molar-refractivity contribution is 7.17. The Balaban J connectivity index is 2.17. The summed E-state index contributed by atoms with van der Waals surface area (Å²) in [6.45, 7) is 6.82. The molecular weight excluding hydrogens is 266 g/mol. The van der Waals surface area contributed by atoms with E-state index in [1.54, 1.807) is 11.3 Å². The molecule has 0 radical (unpaired) electrons. The summed E-state index contributed by atoms with van der Waals surface area (Å²) >= 11 is 1.57. The van der Waals surface area contributed by atoms with Crippen molar-refractivity contribution in [3.05, 3.63) is 46.8 Å². The van der Waals surface area contributed by atoms with Crippen LogP contribution in [0.2, 0.25) is 0 Å². The molecule has 0 fully saturated rings. The second-order valence-corrected chi connectivity index (χ2v) is 7.31. The van der Waals surface area contributed by atoms with Crippen LogP contribution in [-0.2, 0) is 6.54 Å². The van der Waals surface area contributed by atoms with Crippen molar-refractivity contribution < 1.29 is 4.79 Å². The Morgan fingerprint density at radius 2 is 1.75 bits per heavy atom. The molecule has 2 aromatic rings. The molecule has 1 aromatic carbocycles. The Labute approximate surface area is 124 Å². The summed E-state index contributed by atoms with van der Waals surface area (Å²) < 4.78 is 0. The van der Waals surface area contributed by atoms with Crippen LogP contribution in [0.25, 0.3) is 10.4 Å². The molecule has 2 nitrogen and oxygen atoms in total. The molecule has 1 heterocycles. The van der Waals surface area contributed by atoms with Crippen LogP contribution in [0.15, 0.2) is 36.4 Å². The van der Waals surface area contributed by atoms with Crippen molar-refractivity contribution in [2.75, 3.05) is 0 Å². The van der Waals surface area contributed by atoms with Crippen molar-refractivity contribution in [2.45, 2.75) is 33.7 Å². The van der Waals surface area contributed by atoms with E-state index in [4.69, 9.17) is 5.73 Å². The first kappa shape index (κ1) is 14.9. The summed E-state index contributed by atoms with van der Waals surface area (Å²) in [7, 11) is 0. The predicted octanol–water partition coefficient (Wildman–Crippen LogP) is 4.49. The molecule has 0 saturated heterocycles. The van der Waals surface area contributed by atoms with Gasteiger partial charge in [0, 0.05) is 17.8 Å². The van der Waals surface area contributed by atoms with Crippen LogP contribution in [0.1, 0.15) is 42.4 Å². The number of benzene rings is 1. The molecule has 0 unspecified atom stereocenters. The smallest absolute Gasteiger partial charge is 0.173 e. The molecule has 0 amide bonds. The third kappa shape index (κ3) is 3.78. The molecule has 0 saturated carbocycles. The van der Waals surface area contributed by atoms with E-state index in [0.29, 0.717) is 13.0 Å². The van der Waals surface area contributed by atoms with E-state index in [-0.39, 0.29) is 11.2 Å². The normalized spacial score (nSPS) is 11.6. The second kappa shape index (κ2) is 5.90. The largest absolute Gasteiger partial charge is 0.326 e. The van der Waals surface area contributed by atoms with Crippen molar-refractivity contribution in [1.29, 1.82) is 0 Å². The monoisotopic (exact) mass is 287 g/mol. The lowest BCUT2D eigenvalue weighted by molar-refractivity contribution is 0.0944. The standard InChI is InChI=1S/C17H21NOS/c1-17(2,3)10-14(19)16-9-8-15(20-16)13-6-4-12(11-18)5-7-13/h4-9H,10-11,18H2,1-3H3. The summed E-state index contributed by atoms with van der Waals surface area (Å²) in [6, 6.07) is 12.2. The fraction of sp³-hybridized carbons (Fsp3) is 0.353. The first-order valence-corrected chi connectivity index (χ1v) is 7.63. The predicted molar refractivity (Wildman–Crippen MR) is 86.0 cm³/mol. The van der Waals surface area contributed by atoms with Gasteiger partial charge in [-0.3, -0.25) is 4.79 Å². The van der Waals surface area contributed by atoms with Gasteiger partial charge in [0.1, 0.15) is 0 Å². The Morgan fingerprint density at radius 3 is 2.30 bits per heavy atom. The Bertz CT molecular complexity index is 590. The maximum Gasteiger partial charge on any atom is 0.173 e. The van der Waals surface area contributed by atoms with Crippen molar-refractivity contribution in [1.82, 2.24) is 0 Å². The zero-order chi connectivity index (χ0) is 14.8. The van der Waals surface area contributed by atoms with E-state index in [1.165, 1.54) is 0 Å². The van der Waals surface area contributed by atoms with Gasteiger partial charge in [0.15, 0.2) is 5.78 Å². The quantitative estimate of drug-likeness (QED) is 0.842. The van der Waals surface area contributed by atoms with E-state index in [9.17, 15) is 4.79 Å². The lowest BCUT2D eigenvalue weighted by Gasteiger charge is -2.15. The van der Waals surface area contributed by atoms with Crippen LogP contribution in [0, 0.1) is 5.41 Å². The molecule has 1 aromatic heterocycles. The minimum Gasteiger partial charge on any atom is -0.326 e. The number of rotatable bonds is 4. The molecule has 0 bridgehead atoms. The van der Waals surface area contributed by atoms with Gasteiger partial charge in [0.05, 0.1) is 4.88 Å². The highest BCUT2D eigenvalue weighted by atomic mass is 32.1. The molecule has 106 valence electrons. The molecule has 2 rings (SSSR count). The third-order valence-electron chi connectivity index (χ3n) is 3.05. The van der Waals surface area contributed by atoms with Gasteiger partial charge in [-0.2, -0.15) is 0 Å². The summed E-state index contributed by atoms with van der Waals surface area (Å²) in [4.78, 5) is 14.2. The van der Waals surface area contributed by atoms with Crippen molar-refractivity contribution in [3.63, 3.8) is 0 Å². The van der Waals surface area contributed by atoms with Gasteiger partial charge in [0.25, 0.3) is 0 Å². The number of hydrogen-bond donors (Lipinski definition) is 1. The molecular formula is C17H21NOS. The SMILES string of the molecule is CC(C)(C)CC(=O)c1ccc(-c2ccc(CN)cc2)s1. The summed E-state index contributed by atoms with van der Waals surface area (Å²) in [5.41, 5.74) is 7.89. The van der Waals surface area contributed by atoms with E-state index < -0.39 is 0 Å². The topological polar surface area (TPSA) is 43.1 Å². The third-order valence-corrected chi connectivity index (χ3v) is 4.22. The molecule has 0 atom stereocenters. The first-order valence-electron chi connectivity index (χ1n) is 6.81. The summed E-state index contributed by atoms with van der Waals surface area (Å²) in [5, 5.41) is 0. The van der Waals surface area contributed by atoms with Gasteiger partial charge in [0.2, 0.25) is 0 Å². The molecule has 2 N–H and O–H groups in total. The van der Waals surface area contributed by atoms with Gasteiger partial charge >= 0.3 is 0 Å². The van der Waals surface area contributed by atoms with Gasteiger partial charge in [-0.25, -0.2) is 0 Å². The van der Waals surface area contributed by atoms with Gasteiger partial charge in [-0.15, -0.1) is 11.3 Å². The van der Waals surface area contributed by atoms with E-state index in [0.717, 1.165) is 20.9 Å². The zero-order valence-electron chi connectivity index (χ0n) is 12.3. The second-order valence-electron chi connectivity index (χ2n) is 6.23. The minimum absolute atomic E-state index is 0.0318. The maximum atomic E-state index is 12.2. The Hall–Kier alpha value is -1.45. The van der Waals surface area contributed by atoms with Gasteiger partial charge in [-0.1, -0.05) is 45.0 Å². The van der Waals surface area contributed by atoms with Crippen LogP contribution in [0.3, 0.4) is 0 Å². The molecule has 20 heavy (non-hydrogen) atoms. The number of carbonyl (C=O) groups excluding carboxylic acids is 1. The number of Topliss-reactive ketones (excluding diaryl/α,β-unsaturated/α-hetero) is 1. The number of ketones is 1. The van der Waals surface area contributed by atoms with Crippen LogP contribution < -0.4 is 5.73 Å². The Kier molecular flexibility index (Phi) is 4.41. The highest BCUT2D eigenvalue weighted by Crippen LogP contribution is 2.31. The van der Waals surface area contributed by atoms with Gasteiger partial charge in [-0.05, 0) is 28.7 Å². The lowest BCUT2D eigenvalue weighted by atomic mass is 9.89. The molecule has 0 aliphatic rings. The van der Waals surface area contributed by atoms with E-state index in [1.807, 2.05) is 24.3 Å². The van der Waals surface area contributed by atoms with Crippen LogP contribution >= 0.6 is 11.3 Å². The van der Waals surface area contributed by atoms with Crippen LogP contribution in [0.5, 0.6) is 0 Å². The van der Waals surface area contributed by atoms with Crippen LogP contribution in [0.4, 0.5) is 0 Å². The van der Waals surface area contributed by atoms with E-state index >= 15 is 0 Å². The van der Waals surface area contributed by atoms with Crippen LogP contribution in [-0.4, -0.2) is 5.78 Å². The van der Waals surface area contributed by atoms with Crippen molar-refractivity contribution in [3.8, 4) is 10.4 Å². The number of thiophene rings is 1. The summed E-state index contributed by atoms with van der Waals surface area (Å²) in [5.74, 6) is 0.229. The molecule has 0 aliphatic heterocycles. The fourth-order valence-corrected chi connectivity index (χ4v) is 2.97. The minimum atomic E-state index is 0.0318. The lowest BCUT2D eigenvalue weighted by Crippen LogP contribution is -2.11. The fourth-order valence-electron chi connectivity index (χ4n) is 2.02. The van der Waals surface area contributed by atoms with Crippen molar-refractivity contribution in [2.24, 2.45) is 11.1 Å². The summed E-state index contributed by atoms with van der Waals surface area (Å²) in [6.07, 6.45) is 0.582. The van der Waals surface area contributed by atoms with E-state index in [2.05, 4.69) is 32.9 Å². The highest BCUT2D eigenvalue weighted by Gasteiger charge is 2.18. The molecule has 3 heteroatoms. The van der Waals surface area contributed by atoms with Gasteiger partial charge < -0.3 is 5.73 Å². The average molecular weight is 287 g/mol. The maximum absolute atomic E-state index is 12.2. The average Bonchev–Trinajstić information content (AvgIpc) is 2.86. The molecule has 0 aliphatic carbocycles. The number of carbonyl (C=O) groups is 1. The molecule has 0 spiro atoms. The number of nitrogens with two attached hydrogens (primary N) is 1.